The minimum atomic E-state index is -1.29. The van der Waals surface area contributed by atoms with Gasteiger partial charge in [0.25, 0.3) is 5.91 Å². The molecule has 2 unspecified atom stereocenters. The number of carbonyl (C=O) groups is 3. The summed E-state index contributed by atoms with van der Waals surface area (Å²) in [5.41, 5.74) is -0.411. The number of hydrogen-bond acceptors (Lipinski definition) is 6. The number of urea groups is 1. The van der Waals surface area contributed by atoms with E-state index < -0.39 is 35.0 Å². The summed E-state index contributed by atoms with van der Waals surface area (Å²) in [6, 6.07) is 13.0. The first-order chi connectivity index (χ1) is 16.9. The van der Waals surface area contributed by atoms with E-state index in [9.17, 15) is 19.6 Å². The van der Waals surface area contributed by atoms with Gasteiger partial charge in [-0.15, -0.1) is 0 Å². The molecule has 0 aromatic heterocycles. The third-order valence-electron chi connectivity index (χ3n) is 6.45. The van der Waals surface area contributed by atoms with Crippen molar-refractivity contribution >= 4 is 46.8 Å². The molecule has 2 heterocycles. The van der Waals surface area contributed by atoms with Crippen molar-refractivity contribution < 1.29 is 19.1 Å². The summed E-state index contributed by atoms with van der Waals surface area (Å²) in [5, 5.41) is 9.80. The molecule has 36 heavy (non-hydrogen) atoms. The maximum Gasteiger partial charge on any atom is 0.332 e. The Morgan fingerprint density at radius 2 is 1.75 bits per heavy atom. The van der Waals surface area contributed by atoms with Gasteiger partial charge < -0.3 is 9.64 Å². The molecule has 1 spiro atoms. The van der Waals surface area contributed by atoms with Crippen LogP contribution in [0.2, 0.25) is 10.0 Å². The first kappa shape index (κ1) is 26.0. The zero-order valence-electron chi connectivity index (χ0n) is 20.4. The Morgan fingerprint density at radius 1 is 1.14 bits per heavy atom. The van der Waals surface area contributed by atoms with E-state index in [1.54, 1.807) is 52.1 Å². The summed E-state index contributed by atoms with van der Waals surface area (Å²) in [7, 11) is 1.58. The van der Waals surface area contributed by atoms with Gasteiger partial charge in [-0.25, -0.2) is 9.69 Å². The van der Waals surface area contributed by atoms with Crippen molar-refractivity contribution in [1.29, 1.82) is 5.26 Å². The van der Waals surface area contributed by atoms with E-state index in [1.165, 1.54) is 23.1 Å². The van der Waals surface area contributed by atoms with Crippen molar-refractivity contribution in [3.63, 3.8) is 0 Å². The second-order valence-electron chi connectivity index (χ2n) is 10.1. The van der Waals surface area contributed by atoms with Crippen LogP contribution in [0.4, 0.5) is 10.5 Å². The minimum Gasteiger partial charge on any atom is -0.459 e. The van der Waals surface area contributed by atoms with Crippen molar-refractivity contribution in [3.8, 4) is 6.07 Å². The average Bonchev–Trinajstić information content (AvgIpc) is 3.24. The number of likely N-dealkylation sites (N-methyl/N-ethyl adjacent to an activating group) is 1. The summed E-state index contributed by atoms with van der Waals surface area (Å²) >= 11 is 12.3. The van der Waals surface area contributed by atoms with Gasteiger partial charge in [-0.1, -0.05) is 35.3 Å². The second kappa shape index (κ2) is 9.40. The van der Waals surface area contributed by atoms with Gasteiger partial charge in [-0.2, -0.15) is 5.26 Å². The van der Waals surface area contributed by atoms with Crippen LogP contribution in [-0.2, 0) is 14.3 Å². The van der Waals surface area contributed by atoms with Crippen LogP contribution < -0.4 is 4.90 Å². The molecule has 8 nitrogen and oxygen atoms in total. The predicted octanol–water partition coefficient (Wildman–Crippen LogP) is 4.44. The highest BCUT2D eigenvalue weighted by Gasteiger charge is 2.64. The Kier molecular flexibility index (Phi) is 6.78. The summed E-state index contributed by atoms with van der Waals surface area (Å²) in [5.74, 6) is -1.32. The highest BCUT2D eigenvalue weighted by molar-refractivity contribution is 6.35. The second-order valence-corrected chi connectivity index (χ2v) is 10.9. The van der Waals surface area contributed by atoms with Crippen molar-refractivity contribution in [2.75, 3.05) is 31.6 Å². The van der Waals surface area contributed by atoms with E-state index >= 15 is 0 Å². The van der Waals surface area contributed by atoms with Crippen LogP contribution in [0.25, 0.3) is 0 Å². The van der Waals surface area contributed by atoms with Gasteiger partial charge in [0.1, 0.15) is 11.1 Å². The monoisotopic (exact) mass is 528 g/mol. The molecule has 3 amide bonds. The Bertz CT molecular complexity index is 1250. The lowest BCUT2D eigenvalue weighted by atomic mass is 9.80. The first-order valence-corrected chi connectivity index (χ1v) is 12.1. The quantitative estimate of drug-likeness (QED) is 0.430. The lowest BCUT2D eigenvalue weighted by molar-refractivity contribution is -0.156. The Hall–Kier alpha value is -3.12. The average molecular weight is 529 g/mol. The van der Waals surface area contributed by atoms with Crippen LogP contribution in [0.1, 0.15) is 37.8 Å². The van der Waals surface area contributed by atoms with Gasteiger partial charge in [0, 0.05) is 36.1 Å². The van der Waals surface area contributed by atoms with Gasteiger partial charge in [0.05, 0.1) is 23.9 Å². The number of benzene rings is 2. The number of nitrogens with zero attached hydrogens (tertiary/aromatic N) is 4. The van der Waals surface area contributed by atoms with Crippen molar-refractivity contribution in [2.45, 2.75) is 37.8 Å². The molecule has 188 valence electrons. The number of likely N-dealkylation sites (tertiary alicyclic amines) is 1. The molecule has 2 saturated heterocycles. The fourth-order valence-electron chi connectivity index (χ4n) is 4.97. The highest BCUT2D eigenvalue weighted by Crippen LogP contribution is 2.46. The Labute approximate surface area is 219 Å². The standard InChI is InChI=1S/C26H26Cl2N4O4/c1-25(2,3)36-22(33)14-31-13-21(17-7-5-16(12-29)6-8-17)26(15-31)23(34)32(24(35)30(26)4)20-10-18(27)9-19(28)11-20/h5-11,21H,13-15H2,1-4H3. The number of nitriles is 1. The number of esters is 1. The molecule has 2 aromatic carbocycles. The van der Waals surface area contributed by atoms with Crippen molar-refractivity contribution in [2.24, 2.45) is 0 Å². The van der Waals surface area contributed by atoms with E-state index in [4.69, 9.17) is 27.9 Å². The summed E-state index contributed by atoms with van der Waals surface area (Å²) in [6.45, 7) is 5.79. The summed E-state index contributed by atoms with van der Waals surface area (Å²) < 4.78 is 5.49. The molecule has 0 saturated carbocycles. The lowest BCUT2D eigenvalue weighted by Crippen LogP contribution is -2.53. The normalized spacial score (nSPS) is 22.4. The third-order valence-corrected chi connectivity index (χ3v) is 6.89. The van der Waals surface area contributed by atoms with Crippen LogP contribution in [-0.4, -0.2) is 65.5 Å². The molecule has 0 radical (unpaired) electrons. The first-order valence-electron chi connectivity index (χ1n) is 11.4. The molecule has 2 fully saturated rings. The molecule has 0 aliphatic carbocycles. The Balaban J connectivity index is 1.76. The number of halogens is 2. The SMILES string of the molecule is CN1C(=O)N(c2cc(Cl)cc(Cl)c2)C(=O)C12CN(CC(=O)OC(C)(C)C)CC2c1ccc(C#N)cc1. The minimum absolute atomic E-state index is 0.0376. The van der Waals surface area contributed by atoms with E-state index in [1.807, 2.05) is 4.90 Å². The largest absolute Gasteiger partial charge is 0.459 e. The number of amides is 3. The number of hydrogen-bond donors (Lipinski definition) is 0. The number of carbonyl (C=O) groups excluding carboxylic acids is 3. The maximum atomic E-state index is 14.1. The zero-order chi connectivity index (χ0) is 26.4. The molecule has 2 aromatic rings. The van der Waals surface area contributed by atoms with E-state index in [2.05, 4.69) is 6.07 Å². The molecular formula is C26H26Cl2N4O4. The maximum absolute atomic E-state index is 14.1. The van der Waals surface area contributed by atoms with Gasteiger partial charge in [0.15, 0.2) is 0 Å². The van der Waals surface area contributed by atoms with Crippen LogP contribution in [0.15, 0.2) is 42.5 Å². The van der Waals surface area contributed by atoms with Crippen LogP contribution in [0.5, 0.6) is 0 Å². The van der Waals surface area contributed by atoms with Gasteiger partial charge in [-0.3, -0.25) is 14.5 Å². The molecule has 0 bridgehead atoms. The molecular weight excluding hydrogens is 503 g/mol. The summed E-state index contributed by atoms with van der Waals surface area (Å²) in [6.07, 6.45) is 0. The molecule has 2 aliphatic heterocycles. The smallest absolute Gasteiger partial charge is 0.332 e. The van der Waals surface area contributed by atoms with Crippen molar-refractivity contribution in [1.82, 2.24) is 9.80 Å². The molecule has 2 atom stereocenters. The predicted molar refractivity (Wildman–Crippen MR) is 136 cm³/mol. The Morgan fingerprint density at radius 3 is 2.31 bits per heavy atom. The number of rotatable bonds is 4. The van der Waals surface area contributed by atoms with Crippen LogP contribution in [0, 0.1) is 11.3 Å². The van der Waals surface area contributed by atoms with Gasteiger partial charge in [0.2, 0.25) is 0 Å². The topological polar surface area (TPSA) is 94.0 Å². The van der Waals surface area contributed by atoms with E-state index in [0.29, 0.717) is 22.2 Å². The number of ether oxygens (including phenoxy) is 1. The summed E-state index contributed by atoms with van der Waals surface area (Å²) in [4.78, 5) is 44.6. The van der Waals surface area contributed by atoms with Crippen LogP contribution in [0.3, 0.4) is 0 Å². The number of anilines is 1. The van der Waals surface area contributed by atoms with Crippen LogP contribution >= 0.6 is 23.2 Å². The third kappa shape index (κ3) is 4.66. The molecule has 2 aliphatic rings. The lowest BCUT2D eigenvalue weighted by Gasteiger charge is -2.34. The molecule has 4 rings (SSSR count). The van der Waals surface area contributed by atoms with Gasteiger partial charge in [-0.05, 0) is 56.7 Å². The molecule has 10 heteroatoms. The van der Waals surface area contributed by atoms with Gasteiger partial charge >= 0.3 is 12.0 Å². The highest BCUT2D eigenvalue weighted by atomic mass is 35.5. The zero-order valence-corrected chi connectivity index (χ0v) is 21.9. The van der Waals surface area contributed by atoms with E-state index in [0.717, 1.165) is 10.5 Å². The van der Waals surface area contributed by atoms with E-state index in [-0.39, 0.29) is 18.8 Å². The fraction of sp³-hybridized carbons (Fsp3) is 0.385. The number of imide groups is 1. The van der Waals surface area contributed by atoms with Crippen molar-refractivity contribution in [3.05, 3.63) is 63.6 Å². The molecule has 0 N–H and O–H groups in total. The fourth-order valence-corrected chi connectivity index (χ4v) is 5.48.